The van der Waals surface area contributed by atoms with Crippen LogP contribution in [0.1, 0.15) is 37.7 Å². The second-order valence-electron chi connectivity index (χ2n) is 5.31. The molecule has 1 aromatic carbocycles. The maximum atomic E-state index is 11.0. The summed E-state index contributed by atoms with van der Waals surface area (Å²) in [5.41, 5.74) is 1.02. The number of hydrogen-bond acceptors (Lipinski definition) is 2. The van der Waals surface area contributed by atoms with E-state index in [9.17, 15) is 9.90 Å². The summed E-state index contributed by atoms with van der Waals surface area (Å²) >= 11 is 6.17. The molecule has 19 heavy (non-hydrogen) atoms. The van der Waals surface area contributed by atoms with E-state index in [4.69, 9.17) is 11.6 Å². The Kier molecular flexibility index (Phi) is 5.23. The molecule has 0 saturated heterocycles. The van der Waals surface area contributed by atoms with Crippen LogP contribution in [0.25, 0.3) is 0 Å². The van der Waals surface area contributed by atoms with Crippen molar-refractivity contribution < 1.29 is 14.8 Å². The monoisotopic (exact) mass is 281 g/mol. The Morgan fingerprint density at radius 1 is 1.26 bits per heavy atom. The van der Waals surface area contributed by atoms with Crippen LogP contribution in [0, 0.1) is 0 Å². The van der Waals surface area contributed by atoms with Crippen LogP contribution in [0.2, 0.25) is 5.02 Å². The Hall–Kier alpha value is -1.06. The van der Waals surface area contributed by atoms with Gasteiger partial charge >= 0.3 is 0 Å². The minimum absolute atomic E-state index is 0.0654. The molecule has 0 spiro atoms. The zero-order chi connectivity index (χ0) is 13.7. The number of quaternary nitrogens is 1. The van der Waals surface area contributed by atoms with Crippen molar-refractivity contribution in [1.82, 2.24) is 0 Å². The van der Waals surface area contributed by atoms with Gasteiger partial charge in [-0.1, -0.05) is 36.2 Å². The number of carbonyl (C=O) groups is 1. The first-order chi connectivity index (χ1) is 9.16. The van der Waals surface area contributed by atoms with Crippen LogP contribution in [-0.2, 0) is 11.3 Å². The third-order valence-corrected chi connectivity index (χ3v) is 4.30. The number of nitrogens with one attached hydrogen (secondary N) is 1. The van der Waals surface area contributed by atoms with E-state index in [1.165, 1.54) is 19.3 Å². The van der Waals surface area contributed by atoms with Crippen LogP contribution in [-0.4, -0.2) is 18.6 Å². The van der Waals surface area contributed by atoms with Crippen molar-refractivity contribution in [2.24, 2.45) is 0 Å². The molecule has 0 aliphatic heterocycles. The van der Waals surface area contributed by atoms with Crippen LogP contribution in [0.4, 0.5) is 0 Å². The highest BCUT2D eigenvalue weighted by Gasteiger charge is 2.25. The van der Waals surface area contributed by atoms with Crippen molar-refractivity contribution in [3.63, 3.8) is 0 Å². The van der Waals surface area contributed by atoms with E-state index in [2.05, 4.69) is 0 Å². The van der Waals surface area contributed by atoms with E-state index >= 15 is 0 Å². The number of hydrogen-bond donors (Lipinski definition) is 1. The Morgan fingerprint density at radius 2 is 1.95 bits per heavy atom. The first kappa shape index (κ1) is 14.4. The third-order valence-electron chi connectivity index (χ3n) is 3.93. The van der Waals surface area contributed by atoms with Gasteiger partial charge in [-0.05, 0) is 31.7 Å². The summed E-state index contributed by atoms with van der Waals surface area (Å²) in [6.45, 7) is 0.730. The molecule has 1 atom stereocenters. The number of rotatable bonds is 5. The summed E-state index contributed by atoms with van der Waals surface area (Å²) < 4.78 is 0. The summed E-state index contributed by atoms with van der Waals surface area (Å²) in [4.78, 5) is 12.0. The smallest absolute Gasteiger partial charge is 0.118 e. The quantitative estimate of drug-likeness (QED) is 0.868. The third kappa shape index (κ3) is 4.22. The number of halogens is 1. The lowest BCUT2D eigenvalue weighted by Gasteiger charge is -2.31. The van der Waals surface area contributed by atoms with E-state index in [0.717, 1.165) is 23.3 Å². The topological polar surface area (TPSA) is 44.6 Å². The van der Waals surface area contributed by atoms with Crippen LogP contribution in [0.15, 0.2) is 24.3 Å². The van der Waals surface area contributed by atoms with Crippen LogP contribution >= 0.6 is 11.6 Å². The van der Waals surface area contributed by atoms with Crippen LogP contribution in [0.5, 0.6) is 0 Å². The maximum Gasteiger partial charge on any atom is 0.118 e. The van der Waals surface area contributed by atoms with E-state index in [0.29, 0.717) is 17.6 Å². The highest BCUT2D eigenvalue weighted by Crippen LogP contribution is 2.17. The molecule has 1 unspecified atom stereocenters. The molecule has 104 valence electrons. The fourth-order valence-electron chi connectivity index (χ4n) is 2.93. The largest absolute Gasteiger partial charge is 0.544 e. The molecule has 4 heteroatoms. The Balaban J connectivity index is 2.08. The second kappa shape index (κ2) is 6.92. The summed E-state index contributed by atoms with van der Waals surface area (Å²) in [5.74, 6) is -0.979. The number of carbonyl (C=O) groups excluding carboxylic acids is 1. The molecule has 0 bridgehead atoms. The SMILES string of the molecule is O=C([O-])C[NH+](Cc1ccccc1Cl)C1CCCCC1. The highest BCUT2D eigenvalue weighted by molar-refractivity contribution is 6.31. The molecule has 0 heterocycles. The minimum Gasteiger partial charge on any atom is -0.544 e. The second-order valence-corrected chi connectivity index (χ2v) is 5.72. The normalized spacial score (nSPS) is 18.2. The minimum atomic E-state index is -0.979. The number of aliphatic carboxylic acids is 1. The van der Waals surface area contributed by atoms with Gasteiger partial charge in [0.2, 0.25) is 0 Å². The van der Waals surface area contributed by atoms with Gasteiger partial charge in [-0.25, -0.2) is 0 Å². The van der Waals surface area contributed by atoms with Gasteiger partial charge in [0.25, 0.3) is 0 Å². The van der Waals surface area contributed by atoms with Crippen molar-refractivity contribution in [3.8, 4) is 0 Å². The summed E-state index contributed by atoms with van der Waals surface area (Å²) in [6.07, 6.45) is 5.87. The molecule has 2 rings (SSSR count). The maximum absolute atomic E-state index is 11.0. The van der Waals surface area contributed by atoms with Crippen LogP contribution < -0.4 is 10.0 Å². The molecule has 0 aromatic heterocycles. The van der Waals surface area contributed by atoms with Crippen LogP contribution in [0.3, 0.4) is 0 Å². The molecule has 1 fully saturated rings. The first-order valence-corrected chi connectivity index (χ1v) is 7.32. The molecular formula is C15H20ClNO2. The van der Waals surface area contributed by atoms with Crippen molar-refractivity contribution in [2.75, 3.05) is 6.54 Å². The highest BCUT2D eigenvalue weighted by atomic mass is 35.5. The molecule has 1 saturated carbocycles. The molecule has 0 amide bonds. The van der Waals surface area contributed by atoms with Gasteiger partial charge in [-0.3, -0.25) is 0 Å². The van der Waals surface area contributed by atoms with E-state index in [1.54, 1.807) is 0 Å². The van der Waals surface area contributed by atoms with Gasteiger partial charge in [0, 0.05) is 10.6 Å². The number of carboxylic acids is 1. The zero-order valence-corrected chi connectivity index (χ0v) is 11.8. The van der Waals surface area contributed by atoms with Crippen molar-refractivity contribution in [1.29, 1.82) is 0 Å². The van der Waals surface area contributed by atoms with Crippen molar-refractivity contribution in [2.45, 2.75) is 44.7 Å². The predicted octanol–water partition coefficient (Wildman–Crippen LogP) is 0.808. The van der Waals surface area contributed by atoms with Gasteiger partial charge in [-0.2, -0.15) is 0 Å². The number of benzene rings is 1. The average Bonchev–Trinajstić information content (AvgIpc) is 2.41. The van der Waals surface area contributed by atoms with E-state index in [1.807, 2.05) is 24.3 Å². The molecule has 1 aliphatic carbocycles. The summed E-state index contributed by atoms with van der Waals surface area (Å²) in [6, 6.07) is 8.08. The molecule has 3 nitrogen and oxygen atoms in total. The lowest BCUT2D eigenvalue weighted by molar-refractivity contribution is -0.934. The van der Waals surface area contributed by atoms with Crippen molar-refractivity contribution >= 4 is 17.6 Å². The van der Waals surface area contributed by atoms with Gasteiger partial charge in [0.05, 0.1) is 12.0 Å². The fourth-order valence-corrected chi connectivity index (χ4v) is 3.14. The van der Waals surface area contributed by atoms with E-state index in [-0.39, 0.29) is 6.54 Å². The zero-order valence-electron chi connectivity index (χ0n) is 11.0. The lowest BCUT2D eigenvalue weighted by Crippen LogP contribution is -3.15. The molecule has 1 aliphatic rings. The van der Waals surface area contributed by atoms with Gasteiger partial charge < -0.3 is 14.8 Å². The lowest BCUT2D eigenvalue weighted by atomic mass is 9.94. The summed E-state index contributed by atoms with van der Waals surface area (Å²) in [5, 5.41) is 11.7. The standard InChI is InChI=1S/C15H20ClNO2/c16-14-9-5-4-6-12(14)10-17(11-15(18)19)13-7-2-1-3-8-13/h4-6,9,13H,1-3,7-8,10-11H2,(H,18,19). The fraction of sp³-hybridized carbons (Fsp3) is 0.533. The average molecular weight is 282 g/mol. The molecule has 1 N–H and O–H groups in total. The van der Waals surface area contributed by atoms with Gasteiger partial charge in [0.15, 0.2) is 0 Å². The van der Waals surface area contributed by atoms with Gasteiger partial charge in [0.1, 0.15) is 13.1 Å². The molecule has 0 radical (unpaired) electrons. The molecular weight excluding hydrogens is 262 g/mol. The van der Waals surface area contributed by atoms with Crippen molar-refractivity contribution in [3.05, 3.63) is 34.9 Å². The van der Waals surface area contributed by atoms with Gasteiger partial charge in [-0.15, -0.1) is 0 Å². The Bertz CT molecular complexity index is 430. The first-order valence-electron chi connectivity index (χ1n) is 6.94. The predicted molar refractivity (Wildman–Crippen MR) is 72.9 cm³/mol. The van der Waals surface area contributed by atoms with E-state index < -0.39 is 5.97 Å². The number of carboxylic acid groups (broad SMARTS) is 1. The Labute approximate surface area is 119 Å². The molecule has 1 aromatic rings. The summed E-state index contributed by atoms with van der Waals surface area (Å²) in [7, 11) is 0. The Morgan fingerprint density at radius 3 is 2.58 bits per heavy atom.